The molecule has 110 valence electrons. The summed E-state index contributed by atoms with van der Waals surface area (Å²) >= 11 is 3.28. The van der Waals surface area contributed by atoms with Gasteiger partial charge in [0.2, 0.25) is 15.9 Å². The molecular weight excluding hydrogens is 344 g/mol. The molecule has 0 N–H and O–H groups in total. The lowest BCUT2D eigenvalue weighted by molar-refractivity contribution is -0.132. The molecule has 1 heterocycles. The van der Waals surface area contributed by atoms with Crippen molar-refractivity contribution >= 4 is 31.9 Å². The van der Waals surface area contributed by atoms with Crippen molar-refractivity contribution in [1.82, 2.24) is 9.21 Å². The molecule has 0 saturated carbocycles. The molecule has 1 aliphatic rings. The van der Waals surface area contributed by atoms with Gasteiger partial charge in [-0.25, -0.2) is 8.42 Å². The van der Waals surface area contributed by atoms with Crippen molar-refractivity contribution in [3.63, 3.8) is 0 Å². The number of likely N-dealkylation sites (N-methyl/N-ethyl adjacent to an activating group) is 1. The highest BCUT2D eigenvalue weighted by Gasteiger charge is 2.39. The standard InChI is InChI=1S/C13H17BrN2O3S/c1-15(2)13(17)12-4-3-9-16(12)20(18,19)11-7-5-10(14)6-8-11/h5-8,12H,3-4,9H2,1-2H3. The Morgan fingerprint density at radius 2 is 1.90 bits per heavy atom. The zero-order valence-corrected chi connectivity index (χ0v) is 13.8. The van der Waals surface area contributed by atoms with Gasteiger partial charge in [-0.15, -0.1) is 0 Å². The molecule has 2 rings (SSSR count). The SMILES string of the molecule is CN(C)C(=O)C1CCCN1S(=O)(=O)c1ccc(Br)cc1. The summed E-state index contributed by atoms with van der Waals surface area (Å²) in [7, 11) is -0.330. The van der Waals surface area contributed by atoms with Crippen molar-refractivity contribution in [1.29, 1.82) is 0 Å². The van der Waals surface area contributed by atoms with E-state index in [-0.39, 0.29) is 10.8 Å². The first-order valence-electron chi connectivity index (χ1n) is 6.32. The van der Waals surface area contributed by atoms with E-state index in [1.54, 1.807) is 38.4 Å². The summed E-state index contributed by atoms with van der Waals surface area (Å²) in [5, 5.41) is 0. The van der Waals surface area contributed by atoms with Crippen LogP contribution in [-0.2, 0) is 14.8 Å². The Balaban J connectivity index is 2.33. The highest BCUT2D eigenvalue weighted by molar-refractivity contribution is 9.10. The number of hydrogen-bond acceptors (Lipinski definition) is 3. The van der Waals surface area contributed by atoms with Crippen LogP contribution in [0.25, 0.3) is 0 Å². The third-order valence-corrected chi connectivity index (χ3v) is 5.80. The largest absolute Gasteiger partial charge is 0.347 e. The van der Waals surface area contributed by atoms with Gasteiger partial charge in [-0.2, -0.15) is 4.31 Å². The van der Waals surface area contributed by atoms with Crippen LogP contribution in [0.3, 0.4) is 0 Å². The second-order valence-electron chi connectivity index (χ2n) is 4.96. The topological polar surface area (TPSA) is 57.7 Å². The molecule has 0 radical (unpaired) electrons. The highest BCUT2D eigenvalue weighted by atomic mass is 79.9. The number of rotatable bonds is 3. The summed E-state index contributed by atoms with van der Waals surface area (Å²) in [6.07, 6.45) is 1.28. The summed E-state index contributed by atoms with van der Waals surface area (Å²) < 4.78 is 27.4. The Labute approximate surface area is 127 Å². The minimum absolute atomic E-state index is 0.164. The molecular formula is C13H17BrN2O3S. The fourth-order valence-electron chi connectivity index (χ4n) is 2.31. The Hall–Kier alpha value is -0.920. The molecule has 1 saturated heterocycles. The van der Waals surface area contributed by atoms with E-state index in [1.807, 2.05) is 0 Å². The molecule has 1 aromatic rings. The van der Waals surface area contributed by atoms with Crippen LogP contribution in [0.4, 0.5) is 0 Å². The first-order valence-corrected chi connectivity index (χ1v) is 8.56. The summed E-state index contributed by atoms with van der Waals surface area (Å²) in [4.78, 5) is 13.8. The zero-order chi connectivity index (χ0) is 14.9. The second-order valence-corrected chi connectivity index (χ2v) is 7.77. The minimum atomic E-state index is -3.62. The van der Waals surface area contributed by atoms with Gasteiger partial charge in [-0.05, 0) is 37.1 Å². The molecule has 7 heteroatoms. The van der Waals surface area contributed by atoms with Crippen molar-refractivity contribution in [3.05, 3.63) is 28.7 Å². The van der Waals surface area contributed by atoms with Gasteiger partial charge in [0.05, 0.1) is 4.90 Å². The quantitative estimate of drug-likeness (QED) is 0.823. The predicted octanol–water partition coefficient (Wildman–Crippen LogP) is 1.69. The molecule has 0 spiro atoms. The van der Waals surface area contributed by atoms with Gasteiger partial charge in [0.25, 0.3) is 0 Å². The van der Waals surface area contributed by atoms with Gasteiger partial charge >= 0.3 is 0 Å². The molecule has 0 aromatic heterocycles. The number of carbonyl (C=O) groups excluding carboxylic acids is 1. The van der Waals surface area contributed by atoms with Crippen LogP contribution >= 0.6 is 15.9 Å². The second kappa shape index (κ2) is 5.83. The fraction of sp³-hybridized carbons (Fsp3) is 0.462. The number of hydrogen-bond donors (Lipinski definition) is 0. The van der Waals surface area contributed by atoms with Gasteiger partial charge in [-0.1, -0.05) is 15.9 Å². The van der Waals surface area contributed by atoms with Crippen molar-refractivity contribution in [2.75, 3.05) is 20.6 Å². The first kappa shape index (κ1) is 15.5. The van der Waals surface area contributed by atoms with Crippen LogP contribution in [0.2, 0.25) is 0 Å². The average Bonchev–Trinajstić information content (AvgIpc) is 2.88. The predicted molar refractivity (Wildman–Crippen MR) is 79.7 cm³/mol. The number of benzene rings is 1. The van der Waals surface area contributed by atoms with Crippen molar-refractivity contribution in [3.8, 4) is 0 Å². The Morgan fingerprint density at radius 1 is 1.30 bits per heavy atom. The first-order chi connectivity index (χ1) is 9.34. The van der Waals surface area contributed by atoms with Gasteiger partial charge in [-0.3, -0.25) is 4.79 Å². The number of amides is 1. The van der Waals surface area contributed by atoms with E-state index in [1.165, 1.54) is 9.21 Å². The Kier molecular flexibility index (Phi) is 4.51. The molecule has 1 aliphatic heterocycles. The van der Waals surface area contributed by atoms with E-state index in [4.69, 9.17) is 0 Å². The normalized spacial score (nSPS) is 20.1. The molecule has 1 fully saturated rings. The molecule has 0 aliphatic carbocycles. The maximum Gasteiger partial charge on any atom is 0.243 e. The fourth-order valence-corrected chi connectivity index (χ4v) is 4.23. The van der Waals surface area contributed by atoms with Gasteiger partial charge in [0.1, 0.15) is 6.04 Å². The van der Waals surface area contributed by atoms with Crippen LogP contribution in [0.1, 0.15) is 12.8 Å². The third kappa shape index (κ3) is 2.89. The number of nitrogens with zero attached hydrogens (tertiary/aromatic N) is 2. The molecule has 0 bridgehead atoms. The van der Waals surface area contributed by atoms with Crippen LogP contribution in [0, 0.1) is 0 Å². The summed E-state index contributed by atoms with van der Waals surface area (Å²) in [6, 6.07) is 5.89. The summed E-state index contributed by atoms with van der Waals surface area (Å²) in [5.41, 5.74) is 0. The number of halogens is 1. The number of carbonyl (C=O) groups is 1. The lowest BCUT2D eigenvalue weighted by Gasteiger charge is -2.25. The van der Waals surface area contributed by atoms with Gasteiger partial charge in [0.15, 0.2) is 0 Å². The number of sulfonamides is 1. The van der Waals surface area contributed by atoms with E-state index < -0.39 is 16.1 Å². The lowest BCUT2D eigenvalue weighted by atomic mass is 10.2. The monoisotopic (exact) mass is 360 g/mol. The molecule has 20 heavy (non-hydrogen) atoms. The van der Waals surface area contributed by atoms with Crippen molar-refractivity contribution in [2.45, 2.75) is 23.8 Å². The van der Waals surface area contributed by atoms with E-state index in [9.17, 15) is 13.2 Å². The van der Waals surface area contributed by atoms with E-state index in [0.29, 0.717) is 19.4 Å². The molecule has 1 unspecified atom stereocenters. The van der Waals surface area contributed by atoms with E-state index in [0.717, 1.165) is 4.47 Å². The van der Waals surface area contributed by atoms with Gasteiger partial charge in [0, 0.05) is 25.1 Å². The maximum atomic E-state index is 12.6. The van der Waals surface area contributed by atoms with Crippen molar-refractivity contribution in [2.24, 2.45) is 0 Å². The summed E-state index contributed by atoms with van der Waals surface area (Å²) in [5.74, 6) is -0.164. The van der Waals surface area contributed by atoms with Crippen LogP contribution in [0.15, 0.2) is 33.6 Å². The minimum Gasteiger partial charge on any atom is -0.347 e. The Bertz CT molecular complexity index is 599. The molecule has 5 nitrogen and oxygen atoms in total. The van der Waals surface area contributed by atoms with E-state index in [2.05, 4.69) is 15.9 Å². The zero-order valence-electron chi connectivity index (χ0n) is 11.4. The van der Waals surface area contributed by atoms with Crippen LogP contribution in [0.5, 0.6) is 0 Å². The van der Waals surface area contributed by atoms with Crippen LogP contribution < -0.4 is 0 Å². The highest BCUT2D eigenvalue weighted by Crippen LogP contribution is 2.27. The molecule has 1 amide bonds. The molecule has 1 aromatic carbocycles. The van der Waals surface area contributed by atoms with E-state index >= 15 is 0 Å². The Morgan fingerprint density at radius 3 is 2.45 bits per heavy atom. The smallest absolute Gasteiger partial charge is 0.243 e. The average molecular weight is 361 g/mol. The summed E-state index contributed by atoms with van der Waals surface area (Å²) in [6.45, 7) is 0.392. The van der Waals surface area contributed by atoms with Crippen LogP contribution in [-0.4, -0.2) is 50.2 Å². The lowest BCUT2D eigenvalue weighted by Crippen LogP contribution is -2.45. The molecule has 1 atom stereocenters. The van der Waals surface area contributed by atoms with Gasteiger partial charge < -0.3 is 4.90 Å². The van der Waals surface area contributed by atoms with Crippen molar-refractivity contribution < 1.29 is 13.2 Å². The maximum absolute atomic E-state index is 12.6. The third-order valence-electron chi connectivity index (χ3n) is 3.35.